The van der Waals surface area contributed by atoms with E-state index in [4.69, 9.17) is 9.31 Å². The second kappa shape index (κ2) is 7.55. The molecule has 5 heteroatoms. The van der Waals surface area contributed by atoms with Gasteiger partial charge < -0.3 is 9.31 Å². The van der Waals surface area contributed by atoms with Gasteiger partial charge in [0.1, 0.15) is 0 Å². The lowest BCUT2D eigenvalue weighted by Gasteiger charge is -2.32. The molecule has 0 saturated carbocycles. The quantitative estimate of drug-likeness (QED) is 0.521. The number of hydrogen-bond donors (Lipinski definition) is 0. The molecule has 0 N–H and O–H groups in total. The van der Waals surface area contributed by atoms with Crippen LogP contribution >= 0.6 is 15.9 Å². The Labute approximate surface area is 163 Å². The molecule has 0 amide bonds. The first kappa shape index (κ1) is 20.7. The normalized spacial score (nSPS) is 20.5. The van der Waals surface area contributed by atoms with Gasteiger partial charge in [0.2, 0.25) is 0 Å². The molecular weight excluding hydrogens is 391 g/mol. The summed E-state index contributed by atoms with van der Waals surface area (Å²) in [5.74, 6) is 2.05. The van der Waals surface area contributed by atoms with Gasteiger partial charge in [-0.25, -0.2) is 0 Å². The Morgan fingerprint density at radius 3 is 2.16 bits per heavy atom. The summed E-state index contributed by atoms with van der Waals surface area (Å²) >= 11 is 3.69. The van der Waals surface area contributed by atoms with E-state index in [1.54, 1.807) is 0 Å². The molecule has 1 fully saturated rings. The van der Waals surface area contributed by atoms with Gasteiger partial charge in [-0.15, -0.1) is 0 Å². The summed E-state index contributed by atoms with van der Waals surface area (Å²) in [4.78, 5) is 0. The maximum absolute atomic E-state index is 6.05. The summed E-state index contributed by atoms with van der Waals surface area (Å²) in [6.07, 6.45) is 3.05. The minimum absolute atomic E-state index is 0.280. The van der Waals surface area contributed by atoms with Gasteiger partial charge in [-0.1, -0.05) is 71.5 Å². The highest BCUT2D eigenvalue weighted by Crippen LogP contribution is 2.37. The van der Waals surface area contributed by atoms with E-state index in [9.17, 15) is 0 Å². The lowest BCUT2D eigenvalue weighted by Crippen LogP contribution is -2.41. The van der Waals surface area contributed by atoms with Crippen molar-refractivity contribution in [3.05, 3.63) is 52.1 Å². The second-order valence-corrected chi connectivity index (χ2v) is 14.6. The van der Waals surface area contributed by atoms with E-state index in [0.717, 1.165) is 10.9 Å². The van der Waals surface area contributed by atoms with Gasteiger partial charge in [-0.3, -0.25) is 0 Å². The van der Waals surface area contributed by atoms with Crippen molar-refractivity contribution in [2.45, 2.75) is 65.0 Å². The van der Waals surface area contributed by atoms with E-state index in [-0.39, 0.29) is 18.3 Å². The SMILES string of the molecule is CC1(C)OB(/C=C/C/C(=C/[Si](C)(C)C)c2ccccc2Br)OC1(C)C. The van der Waals surface area contributed by atoms with Gasteiger partial charge in [0.15, 0.2) is 0 Å². The molecule has 1 aromatic carbocycles. The Hall–Kier alpha value is -0.618. The van der Waals surface area contributed by atoms with Crippen LogP contribution in [0.4, 0.5) is 0 Å². The fourth-order valence-electron chi connectivity index (χ4n) is 2.76. The Morgan fingerprint density at radius 1 is 1.08 bits per heavy atom. The Kier molecular flexibility index (Phi) is 6.25. The van der Waals surface area contributed by atoms with E-state index in [0.29, 0.717) is 0 Å². The van der Waals surface area contributed by atoms with Crippen LogP contribution in [0.2, 0.25) is 19.6 Å². The summed E-state index contributed by atoms with van der Waals surface area (Å²) in [5.41, 5.74) is 4.52. The molecular formula is C20H30BBrO2Si. The van der Waals surface area contributed by atoms with Gasteiger partial charge in [-0.05, 0) is 51.3 Å². The highest BCUT2D eigenvalue weighted by molar-refractivity contribution is 9.10. The number of allylic oxidation sites excluding steroid dienone is 2. The van der Waals surface area contributed by atoms with Crippen LogP contribution in [0.15, 0.2) is 46.5 Å². The third kappa shape index (κ3) is 5.43. The van der Waals surface area contributed by atoms with Crippen molar-refractivity contribution in [2.24, 2.45) is 0 Å². The molecule has 2 nitrogen and oxygen atoms in total. The third-order valence-corrected chi connectivity index (χ3v) is 6.64. The first-order valence-electron chi connectivity index (χ1n) is 8.90. The molecule has 1 aliphatic heterocycles. The van der Waals surface area contributed by atoms with Crippen LogP contribution < -0.4 is 0 Å². The smallest absolute Gasteiger partial charge is 0.400 e. The molecule has 1 heterocycles. The molecule has 0 spiro atoms. The zero-order valence-electron chi connectivity index (χ0n) is 16.5. The molecule has 0 radical (unpaired) electrons. The third-order valence-electron chi connectivity index (χ3n) is 4.73. The molecule has 0 atom stereocenters. The summed E-state index contributed by atoms with van der Waals surface area (Å²) in [6.45, 7) is 15.4. The summed E-state index contributed by atoms with van der Waals surface area (Å²) < 4.78 is 13.2. The van der Waals surface area contributed by atoms with Crippen LogP contribution in [0.25, 0.3) is 5.57 Å². The van der Waals surface area contributed by atoms with Crippen LogP contribution in [-0.4, -0.2) is 26.4 Å². The largest absolute Gasteiger partial charge is 0.486 e. The first-order chi connectivity index (χ1) is 11.4. The average molecular weight is 421 g/mol. The maximum atomic E-state index is 6.05. The van der Waals surface area contributed by atoms with E-state index < -0.39 is 8.07 Å². The van der Waals surface area contributed by atoms with Crippen LogP contribution in [0.5, 0.6) is 0 Å². The number of hydrogen-bond acceptors (Lipinski definition) is 2. The zero-order chi connectivity index (χ0) is 18.9. The summed E-state index contributed by atoms with van der Waals surface area (Å²) in [5, 5.41) is 0. The van der Waals surface area contributed by atoms with Crippen molar-refractivity contribution in [1.82, 2.24) is 0 Å². The molecule has 1 saturated heterocycles. The summed E-state index contributed by atoms with van der Waals surface area (Å²) in [7, 11) is -1.61. The zero-order valence-corrected chi connectivity index (χ0v) is 19.1. The van der Waals surface area contributed by atoms with Crippen molar-refractivity contribution in [3.8, 4) is 0 Å². The predicted octanol–water partition coefficient (Wildman–Crippen LogP) is 6.29. The Balaban J connectivity index is 2.17. The number of benzene rings is 1. The first-order valence-corrected chi connectivity index (χ1v) is 13.3. The monoisotopic (exact) mass is 420 g/mol. The van der Waals surface area contributed by atoms with E-state index in [2.05, 4.69) is 99.3 Å². The molecule has 136 valence electrons. The highest BCUT2D eigenvalue weighted by atomic mass is 79.9. The Morgan fingerprint density at radius 2 is 1.64 bits per heavy atom. The molecule has 0 unspecified atom stereocenters. The van der Waals surface area contributed by atoms with Crippen molar-refractivity contribution in [3.63, 3.8) is 0 Å². The van der Waals surface area contributed by atoms with Crippen LogP contribution in [0.1, 0.15) is 39.7 Å². The van der Waals surface area contributed by atoms with Gasteiger partial charge in [-0.2, -0.15) is 0 Å². The van der Waals surface area contributed by atoms with Gasteiger partial charge in [0.25, 0.3) is 0 Å². The van der Waals surface area contributed by atoms with Crippen molar-refractivity contribution in [1.29, 1.82) is 0 Å². The lowest BCUT2D eigenvalue weighted by atomic mass is 9.89. The topological polar surface area (TPSA) is 18.5 Å². The number of rotatable bonds is 5. The molecule has 0 aliphatic carbocycles. The second-order valence-electron chi connectivity index (χ2n) is 8.77. The molecule has 0 aromatic heterocycles. The molecule has 1 aliphatic rings. The number of halogens is 1. The minimum atomic E-state index is -1.33. The van der Waals surface area contributed by atoms with E-state index in [1.165, 1.54) is 11.1 Å². The highest BCUT2D eigenvalue weighted by Gasteiger charge is 2.49. The fraction of sp³-hybridized carbons (Fsp3) is 0.500. The van der Waals surface area contributed by atoms with Gasteiger partial charge in [0, 0.05) is 4.47 Å². The van der Waals surface area contributed by atoms with Crippen molar-refractivity contribution < 1.29 is 9.31 Å². The van der Waals surface area contributed by atoms with Crippen LogP contribution in [-0.2, 0) is 9.31 Å². The van der Waals surface area contributed by atoms with Crippen molar-refractivity contribution in [2.75, 3.05) is 0 Å². The van der Waals surface area contributed by atoms with Gasteiger partial charge >= 0.3 is 7.12 Å². The molecule has 25 heavy (non-hydrogen) atoms. The van der Waals surface area contributed by atoms with Crippen LogP contribution in [0.3, 0.4) is 0 Å². The average Bonchev–Trinajstić information content (AvgIpc) is 2.64. The molecule has 1 aromatic rings. The van der Waals surface area contributed by atoms with Gasteiger partial charge in [0.05, 0.1) is 19.3 Å². The molecule has 2 rings (SSSR count). The van der Waals surface area contributed by atoms with E-state index >= 15 is 0 Å². The predicted molar refractivity (Wildman–Crippen MR) is 115 cm³/mol. The van der Waals surface area contributed by atoms with E-state index in [1.807, 2.05) is 5.98 Å². The Bertz CT molecular complexity index is 659. The van der Waals surface area contributed by atoms with Crippen molar-refractivity contribution >= 4 is 36.7 Å². The lowest BCUT2D eigenvalue weighted by molar-refractivity contribution is 0.00578. The minimum Gasteiger partial charge on any atom is -0.400 e. The fourth-order valence-corrected chi connectivity index (χ4v) is 4.62. The van der Waals surface area contributed by atoms with Crippen LogP contribution in [0, 0.1) is 0 Å². The summed E-state index contributed by atoms with van der Waals surface area (Å²) in [6, 6.07) is 8.43. The molecule has 0 bridgehead atoms. The maximum Gasteiger partial charge on any atom is 0.486 e. The standard InChI is InChI=1S/C20H30BBrO2Si/c1-19(2)20(3,4)24-21(23-19)14-10-11-16(15-25(5,6)7)17-12-8-9-13-18(17)22/h8-10,12-15H,11H2,1-7H3/b14-10+,16-15-.